The van der Waals surface area contributed by atoms with Crippen LogP contribution in [-0.4, -0.2) is 45.9 Å². The standard InChI is InChI=1S/C20H20N6O2/c1-28-16-8-15(9-21-11-16)25-13-18-17(20(25)27)12-26(23-18)14-4-5-19(22-10-14)24-6-2-3-7-24/h4-5,8-12H,2-3,6-7,13H2,1H3. The second kappa shape index (κ2) is 6.63. The van der Waals surface area contributed by atoms with E-state index in [-0.39, 0.29) is 5.91 Å². The van der Waals surface area contributed by atoms with E-state index in [1.165, 1.54) is 12.8 Å². The van der Waals surface area contributed by atoms with E-state index in [4.69, 9.17) is 4.74 Å². The molecule has 1 amide bonds. The van der Waals surface area contributed by atoms with Crippen molar-refractivity contribution in [2.24, 2.45) is 0 Å². The predicted octanol–water partition coefficient (Wildman–Crippen LogP) is 2.43. The van der Waals surface area contributed by atoms with Gasteiger partial charge in [0.15, 0.2) is 0 Å². The van der Waals surface area contributed by atoms with Crippen molar-refractivity contribution in [1.29, 1.82) is 0 Å². The molecule has 0 aliphatic carbocycles. The van der Waals surface area contributed by atoms with Crippen LogP contribution in [0.3, 0.4) is 0 Å². The second-order valence-electron chi connectivity index (χ2n) is 6.98. The molecule has 0 spiro atoms. The third kappa shape index (κ3) is 2.77. The van der Waals surface area contributed by atoms with Crippen molar-refractivity contribution in [3.8, 4) is 11.4 Å². The number of anilines is 2. The lowest BCUT2D eigenvalue weighted by atomic mass is 10.3. The summed E-state index contributed by atoms with van der Waals surface area (Å²) in [5, 5.41) is 4.61. The molecule has 1 fully saturated rings. The van der Waals surface area contributed by atoms with Crippen LogP contribution in [0.4, 0.5) is 11.5 Å². The summed E-state index contributed by atoms with van der Waals surface area (Å²) in [6.07, 6.45) is 9.29. The van der Waals surface area contributed by atoms with E-state index in [0.717, 1.165) is 30.3 Å². The highest BCUT2D eigenvalue weighted by molar-refractivity contribution is 6.09. The third-order valence-corrected chi connectivity index (χ3v) is 5.25. The average Bonchev–Trinajstić information content (AvgIpc) is 3.46. The number of ether oxygens (including phenoxy) is 1. The Morgan fingerprint density at radius 3 is 2.64 bits per heavy atom. The molecule has 1 saturated heterocycles. The molecule has 142 valence electrons. The normalized spacial score (nSPS) is 16.0. The maximum Gasteiger partial charge on any atom is 0.262 e. The molecule has 2 aliphatic rings. The van der Waals surface area contributed by atoms with Gasteiger partial charge in [0.25, 0.3) is 5.91 Å². The van der Waals surface area contributed by atoms with Gasteiger partial charge in [-0.05, 0) is 25.0 Å². The fourth-order valence-corrected chi connectivity index (χ4v) is 3.73. The number of hydrogen-bond acceptors (Lipinski definition) is 6. The van der Waals surface area contributed by atoms with E-state index in [2.05, 4.69) is 20.0 Å². The highest BCUT2D eigenvalue weighted by atomic mass is 16.5. The summed E-state index contributed by atoms with van der Waals surface area (Å²) in [6.45, 7) is 2.53. The average molecular weight is 376 g/mol. The molecule has 8 nitrogen and oxygen atoms in total. The number of carbonyl (C=O) groups is 1. The van der Waals surface area contributed by atoms with Gasteiger partial charge in [-0.1, -0.05) is 0 Å². The van der Waals surface area contributed by atoms with Crippen molar-refractivity contribution in [2.75, 3.05) is 30.0 Å². The molecular formula is C20H20N6O2. The van der Waals surface area contributed by atoms with Gasteiger partial charge in [-0.25, -0.2) is 9.67 Å². The lowest BCUT2D eigenvalue weighted by Gasteiger charge is -2.17. The number of fused-ring (bicyclic) bond motifs is 1. The zero-order valence-electron chi connectivity index (χ0n) is 15.6. The van der Waals surface area contributed by atoms with Crippen LogP contribution in [0, 0.1) is 0 Å². The molecule has 0 atom stereocenters. The zero-order valence-corrected chi connectivity index (χ0v) is 15.6. The summed E-state index contributed by atoms with van der Waals surface area (Å²) in [5.74, 6) is 1.52. The van der Waals surface area contributed by atoms with Crippen molar-refractivity contribution in [3.63, 3.8) is 0 Å². The van der Waals surface area contributed by atoms with Crippen LogP contribution >= 0.6 is 0 Å². The Kier molecular flexibility index (Phi) is 3.96. The van der Waals surface area contributed by atoms with Gasteiger partial charge < -0.3 is 14.5 Å². The lowest BCUT2D eigenvalue weighted by molar-refractivity contribution is 0.0996. The monoisotopic (exact) mass is 376 g/mol. The first-order valence-electron chi connectivity index (χ1n) is 9.34. The SMILES string of the molecule is COc1cncc(N2Cc3nn(-c4ccc(N5CCCC5)nc4)cc3C2=O)c1. The third-order valence-electron chi connectivity index (χ3n) is 5.25. The second-order valence-corrected chi connectivity index (χ2v) is 6.98. The molecule has 0 saturated carbocycles. The molecule has 0 unspecified atom stereocenters. The van der Waals surface area contributed by atoms with Crippen LogP contribution < -0.4 is 14.5 Å². The van der Waals surface area contributed by atoms with Gasteiger partial charge in [-0.3, -0.25) is 9.78 Å². The molecule has 5 rings (SSSR count). The van der Waals surface area contributed by atoms with Gasteiger partial charge in [0, 0.05) is 25.4 Å². The van der Waals surface area contributed by atoms with Crippen molar-refractivity contribution in [1.82, 2.24) is 19.7 Å². The van der Waals surface area contributed by atoms with E-state index in [9.17, 15) is 4.79 Å². The Morgan fingerprint density at radius 1 is 1.07 bits per heavy atom. The highest BCUT2D eigenvalue weighted by Gasteiger charge is 2.32. The number of carbonyl (C=O) groups excluding carboxylic acids is 1. The summed E-state index contributed by atoms with van der Waals surface area (Å²) >= 11 is 0. The summed E-state index contributed by atoms with van der Waals surface area (Å²) in [6, 6.07) is 5.81. The molecule has 8 heteroatoms. The van der Waals surface area contributed by atoms with Crippen molar-refractivity contribution in [3.05, 3.63) is 54.2 Å². The Labute approximate surface area is 162 Å². The van der Waals surface area contributed by atoms with Crippen LogP contribution in [0.1, 0.15) is 28.9 Å². The van der Waals surface area contributed by atoms with E-state index in [0.29, 0.717) is 23.5 Å². The zero-order chi connectivity index (χ0) is 19.1. The quantitative estimate of drug-likeness (QED) is 0.696. The van der Waals surface area contributed by atoms with E-state index in [1.54, 1.807) is 41.3 Å². The number of pyridine rings is 2. The first-order chi connectivity index (χ1) is 13.7. The molecule has 2 aliphatic heterocycles. The number of rotatable bonds is 4. The Bertz CT molecular complexity index is 1020. The number of nitrogens with zero attached hydrogens (tertiary/aromatic N) is 6. The summed E-state index contributed by atoms with van der Waals surface area (Å²) in [5.41, 5.74) is 2.90. The lowest BCUT2D eigenvalue weighted by Crippen LogP contribution is -2.24. The van der Waals surface area contributed by atoms with Crippen LogP contribution in [0.15, 0.2) is 43.0 Å². The molecule has 0 N–H and O–H groups in total. The molecule has 28 heavy (non-hydrogen) atoms. The van der Waals surface area contributed by atoms with Gasteiger partial charge in [0.05, 0.1) is 54.9 Å². The number of methoxy groups -OCH3 is 1. The fourth-order valence-electron chi connectivity index (χ4n) is 3.73. The fraction of sp³-hybridized carbons (Fsp3) is 0.300. The molecule has 3 aromatic heterocycles. The van der Waals surface area contributed by atoms with Crippen molar-refractivity contribution < 1.29 is 9.53 Å². The summed E-state index contributed by atoms with van der Waals surface area (Å²) < 4.78 is 6.93. The first kappa shape index (κ1) is 16.7. The Balaban J connectivity index is 1.38. The molecule has 5 heterocycles. The minimum absolute atomic E-state index is 0.0852. The molecular weight excluding hydrogens is 356 g/mol. The molecule has 0 radical (unpaired) electrons. The Hall–Kier alpha value is -3.42. The number of aromatic nitrogens is 4. The minimum Gasteiger partial charge on any atom is -0.495 e. The minimum atomic E-state index is -0.0852. The first-order valence-corrected chi connectivity index (χ1v) is 9.34. The smallest absolute Gasteiger partial charge is 0.262 e. The topological polar surface area (TPSA) is 76.4 Å². The predicted molar refractivity (Wildman–Crippen MR) is 104 cm³/mol. The van der Waals surface area contributed by atoms with Gasteiger partial charge in [0.1, 0.15) is 11.6 Å². The van der Waals surface area contributed by atoms with Crippen LogP contribution in [0.25, 0.3) is 5.69 Å². The largest absolute Gasteiger partial charge is 0.495 e. The van der Waals surface area contributed by atoms with E-state index < -0.39 is 0 Å². The van der Waals surface area contributed by atoms with Crippen molar-refractivity contribution >= 4 is 17.4 Å². The molecule has 0 bridgehead atoms. The van der Waals surface area contributed by atoms with Crippen LogP contribution in [0.5, 0.6) is 5.75 Å². The van der Waals surface area contributed by atoms with Gasteiger partial charge in [-0.2, -0.15) is 5.10 Å². The maximum atomic E-state index is 12.9. The molecule has 3 aromatic rings. The highest BCUT2D eigenvalue weighted by Crippen LogP contribution is 2.29. The van der Waals surface area contributed by atoms with E-state index in [1.807, 2.05) is 18.3 Å². The van der Waals surface area contributed by atoms with Crippen LogP contribution in [0.2, 0.25) is 0 Å². The van der Waals surface area contributed by atoms with Crippen molar-refractivity contribution in [2.45, 2.75) is 19.4 Å². The Morgan fingerprint density at radius 2 is 1.93 bits per heavy atom. The van der Waals surface area contributed by atoms with Gasteiger partial charge >= 0.3 is 0 Å². The van der Waals surface area contributed by atoms with Gasteiger partial charge in [0.2, 0.25) is 0 Å². The number of amides is 1. The molecule has 0 aromatic carbocycles. The van der Waals surface area contributed by atoms with Crippen LogP contribution in [-0.2, 0) is 6.54 Å². The van der Waals surface area contributed by atoms with E-state index >= 15 is 0 Å². The summed E-state index contributed by atoms with van der Waals surface area (Å²) in [4.78, 5) is 25.5. The summed E-state index contributed by atoms with van der Waals surface area (Å²) in [7, 11) is 1.58. The van der Waals surface area contributed by atoms with Gasteiger partial charge in [-0.15, -0.1) is 0 Å². The maximum absolute atomic E-state index is 12.9. The number of hydrogen-bond donors (Lipinski definition) is 0.